The van der Waals surface area contributed by atoms with Gasteiger partial charge >= 0.3 is 0 Å². The molecule has 0 spiro atoms. The van der Waals surface area contributed by atoms with E-state index in [1.54, 1.807) is 5.57 Å². The van der Waals surface area contributed by atoms with Crippen molar-refractivity contribution in [1.82, 2.24) is 10.2 Å². The molecular formula is C17H30N2O. The van der Waals surface area contributed by atoms with Gasteiger partial charge in [-0.1, -0.05) is 18.6 Å². The fourth-order valence-electron chi connectivity index (χ4n) is 3.43. The lowest BCUT2D eigenvalue weighted by Gasteiger charge is -2.35. The molecule has 1 heterocycles. The molecule has 0 saturated carbocycles. The van der Waals surface area contributed by atoms with Gasteiger partial charge in [0.1, 0.15) is 0 Å². The van der Waals surface area contributed by atoms with Crippen molar-refractivity contribution >= 4 is 5.91 Å². The van der Waals surface area contributed by atoms with Crippen molar-refractivity contribution in [3.05, 3.63) is 11.6 Å². The van der Waals surface area contributed by atoms with E-state index in [-0.39, 0.29) is 0 Å². The van der Waals surface area contributed by atoms with Gasteiger partial charge in [-0.25, -0.2) is 0 Å². The topological polar surface area (TPSA) is 32.3 Å². The van der Waals surface area contributed by atoms with Gasteiger partial charge in [-0.15, -0.1) is 0 Å². The molecule has 0 radical (unpaired) electrons. The molecule has 0 aromatic carbocycles. The molecule has 1 saturated heterocycles. The standard InChI is InChI=1S/C17H30N2O/c1-2-16-10-6-7-13-19(16)17(20)14-18-12-11-15-8-4-3-5-9-15/h8,16,18H,2-7,9-14H2,1H3. The lowest BCUT2D eigenvalue weighted by atomic mass is 9.97. The zero-order chi connectivity index (χ0) is 14.2. The Bertz CT molecular complexity index is 338. The van der Waals surface area contributed by atoms with Crippen LogP contribution in [0.4, 0.5) is 0 Å². The van der Waals surface area contributed by atoms with Crippen molar-refractivity contribution in [1.29, 1.82) is 0 Å². The summed E-state index contributed by atoms with van der Waals surface area (Å²) in [7, 11) is 0. The number of likely N-dealkylation sites (tertiary alicyclic amines) is 1. The Morgan fingerprint density at radius 1 is 1.35 bits per heavy atom. The Labute approximate surface area is 123 Å². The number of allylic oxidation sites excluding steroid dienone is 1. The van der Waals surface area contributed by atoms with Gasteiger partial charge in [-0.2, -0.15) is 0 Å². The van der Waals surface area contributed by atoms with Gasteiger partial charge in [0.05, 0.1) is 6.54 Å². The van der Waals surface area contributed by atoms with Crippen LogP contribution in [0.2, 0.25) is 0 Å². The molecule has 20 heavy (non-hydrogen) atoms. The van der Waals surface area contributed by atoms with E-state index in [2.05, 4.69) is 23.2 Å². The minimum absolute atomic E-state index is 0.300. The molecule has 2 aliphatic rings. The maximum absolute atomic E-state index is 12.3. The number of amides is 1. The van der Waals surface area contributed by atoms with Gasteiger partial charge in [-0.05, 0) is 64.3 Å². The third-order valence-corrected chi connectivity index (χ3v) is 4.70. The predicted molar refractivity (Wildman–Crippen MR) is 83.7 cm³/mol. The Balaban J connectivity index is 1.65. The van der Waals surface area contributed by atoms with Crippen molar-refractivity contribution < 1.29 is 4.79 Å². The first-order chi connectivity index (χ1) is 9.81. The largest absolute Gasteiger partial charge is 0.339 e. The smallest absolute Gasteiger partial charge is 0.236 e. The average molecular weight is 278 g/mol. The molecule has 3 heteroatoms. The molecule has 114 valence electrons. The number of nitrogens with one attached hydrogen (secondary N) is 1. The van der Waals surface area contributed by atoms with Crippen molar-refractivity contribution in [2.45, 2.75) is 70.8 Å². The number of hydrogen-bond donors (Lipinski definition) is 1. The molecule has 3 nitrogen and oxygen atoms in total. The third kappa shape index (κ3) is 4.62. The van der Waals surface area contributed by atoms with Crippen LogP contribution in [0.25, 0.3) is 0 Å². The summed E-state index contributed by atoms with van der Waals surface area (Å²) in [6, 6.07) is 0.485. The van der Waals surface area contributed by atoms with Crippen LogP contribution >= 0.6 is 0 Å². The zero-order valence-electron chi connectivity index (χ0n) is 13.0. The van der Waals surface area contributed by atoms with Crippen molar-refractivity contribution in [3.63, 3.8) is 0 Å². The van der Waals surface area contributed by atoms with E-state index in [1.807, 2.05) is 0 Å². The van der Waals surface area contributed by atoms with Gasteiger partial charge in [0.15, 0.2) is 0 Å². The number of hydrogen-bond acceptors (Lipinski definition) is 2. The Hall–Kier alpha value is -0.830. The molecule has 0 aromatic heterocycles. The van der Waals surface area contributed by atoms with Gasteiger partial charge in [0.25, 0.3) is 0 Å². The maximum Gasteiger partial charge on any atom is 0.236 e. The second-order valence-corrected chi connectivity index (χ2v) is 6.18. The van der Waals surface area contributed by atoms with E-state index in [9.17, 15) is 4.79 Å². The highest BCUT2D eigenvalue weighted by molar-refractivity contribution is 5.78. The monoisotopic (exact) mass is 278 g/mol. The van der Waals surface area contributed by atoms with Crippen molar-refractivity contribution in [2.24, 2.45) is 0 Å². The molecule has 1 fully saturated rings. The first-order valence-electron chi connectivity index (χ1n) is 8.49. The van der Waals surface area contributed by atoms with E-state index in [0.717, 1.165) is 25.9 Å². The molecular weight excluding hydrogens is 248 g/mol. The van der Waals surface area contributed by atoms with Gasteiger partial charge < -0.3 is 10.2 Å². The molecule has 1 aliphatic heterocycles. The quantitative estimate of drug-likeness (QED) is 0.597. The van der Waals surface area contributed by atoms with Crippen LogP contribution in [-0.4, -0.2) is 36.5 Å². The number of carbonyl (C=O) groups excluding carboxylic acids is 1. The van der Waals surface area contributed by atoms with E-state index >= 15 is 0 Å². The van der Waals surface area contributed by atoms with E-state index in [0.29, 0.717) is 18.5 Å². The van der Waals surface area contributed by atoms with Crippen molar-refractivity contribution in [3.8, 4) is 0 Å². The minimum Gasteiger partial charge on any atom is -0.339 e. The first-order valence-corrected chi connectivity index (χ1v) is 8.49. The lowest BCUT2D eigenvalue weighted by Crippen LogP contribution is -2.47. The van der Waals surface area contributed by atoms with Crippen molar-refractivity contribution in [2.75, 3.05) is 19.6 Å². The molecule has 2 rings (SSSR count). The van der Waals surface area contributed by atoms with Gasteiger partial charge in [0.2, 0.25) is 5.91 Å². The van der Waals surface area contributed by atoms with Gasteiger partial charge in [0, 0.05) is 12.6 Å². The average Bonchev–Trinajstić information content (AvgIpc) is 2.52. The fourth-order valence-corrected chi connectivity index (χ4v) is 3.43. The Kier molecular flexibility index (Phi) is 6.58. The molecule has 0 aromatic rings. The lowest BCUT2D eigenvalue weighted by molar-refractivity contribution is -0.133. The molecule has 1 unspecified atom stereocenters. The van der Waals surface area contributed by atoms with Crippen LogP contribution in [0, 0.1) is 0 Å². The number of carbonyl (C=O) groups is 1. The van der Waals surface area contributed by atoms with E-state index in [4.69, 9.17) is 0 Å². The summed E-state index contributed by atoms with van der Waals surface area (Å²) in [6.45, 7) is 4.62. The second-order valence-electron chi connectivity index (χ2n) is 6.18. The SMILES string of the molecule is CCC1CCCCN1C(=O)CNCCC1=CCCCC1. The Morgan fingerprint density at radius 2 is 2.25 bits per heavy atom. The maximum atomic E-state index is 12.3. The Morgan fingerprint density at radius 3 is 3.00 bits per heavy atom. The molecule has 0 bridgehead atoms. The summed E-state index contributed by atoms with van der Waals surface area (Å²) in [5, 5.41) is 3.34. The summed E-state index contributed by atoms with van der Waals surface area (Å²) in [4.78, 5) is 14.4. The third-order valence-electron chi connectivity index (χ3n) is 4.70. The summed E-state index contributed by atoms with van der Waals surface area (Å²) >= 11 is 0. The highest BCUT2D eigenvalue weighted by atomic mass is 16.2. The highest BCUT2D eigenvalue weighted by Gasteiger charge is 2.24. The van der Waals surface area contributed by atoms with Crippen LogP contribution in [0.5, 0.6) is 0 Å². The molecule has 1 N–H and O–H groups in total. The summed E-state index contributed by atoms with van der Waals surface area (Å²) in [6.07, 6.45) is 13.5. The van der Waals surface area contributed by atoms with Crippen LogP contribution < -0.4 is 5.32 Å². The number of piperidine rings is 1. The highest BCUT2D eigenvalue weighted by Crippen LogP contribution is 2.20. The predicted octanol–water partition coefficient (Wildman–Crippen LogP) is 3.26. The molecule has 1 aliphatic carbocycles. The second kappa shape index (κ2) is 8.46. The minimum atomic E-state index is 0.300. The molecule has 1 atom stereocenters. The van der Waals surface area contributed by atoms with Crippen LogP contribution in [-0.2, 0) is 4.79 Å². The molecule has 1 amide bonds. The zero-order valence-corrected chi connectivity index (χ0v) is 13.0. The van der Waals surface area contributed by atoms with E-state index in [1.165, 1.54) is 44.9 Å². The summed E-state index contributed by atoms with van der Waals surface area (Å²) in [5.74, 6) is 0.300. The van der Waals surface area contributed by atoms with Gasteiger partial charge in [-0.3, -0.25) is 4.79 Å². The number of nitrogens with zero attached hydrogens (tertiary/aromatic N) is 1. The van der Waals surface area contributed by atoms with Crippen LogP contribution in [0.3, 0.4) is 0 Å². The number of rotatable bonds is 6. The van der Waals surface area contributed by atoms with E-state index < -0.39 is 0 Å². The normalized spacial score (nSPS) is 23.6. The summed E-state index contributed by atoms with van der Waals surface area (Å²) in [5.41, 5.74) is 1.58. The van der Waals surface area contributed by atoms with Crippen LogP contribution in [0.1, 0.15) is 64.7 Å². The van der Waals surface area contributed by atoms with Crippen LogP contribution in [0.15, 0.2) is 11.6 Å². The fraction of sp³-hybridized carbons (Fsp3) is 0.824. The summed E-state index contributed by atoms with van der Waals surface area (Å²) < 4.78 is 0. The first kappa shape index (κ1) is 15.6.